The van der Waals surface area contributed by atoms with E-state index in [1.807, 2.05) is 24.3 Å². The highest BCUT2D eigenvalue weighted by Gasteiger charge is 2.39. The molecule has 4 aromatic rings. The summed E-state index contributed by atoms with van der Waals surface area (Å²) >= 11 is 0. The summed E-state index contributed by atoms with van der Waals surface area (Å²) in [6, 6.07) is 11.0. The van der Waals surface area contributed by atoms with Gasteiger partial charge in [-0.15, -0.1) is 0 Å². The van der Waals surface area contributed by atoms with Gasteiger partial charge in [-0.05, 0) is 54.0 Å². The van der Waals surface area contributed by atoms with E-state index in [0.29, 0.717) is 17.7 Å². The van der Waals surface area contributed by atoms with E-state index in [-0.39, 0.29) is 38.0 Å². The van der Waals surface area contributed by atoms with Crippen LogP contribution in [0.4, 0.5) is 26.3 Å². The van der Waals surface area contributed by atoms with Crippen molar-refractivity contribution in [3.8, 4) is 0 Å². The smallest absolute Gasteiger partial charge is 0.361 e. The van der Waals surface area contributed by atoms with E-state index in [1.54, 1.807) is 36.8 Å². The molecule has 0 bridgehead atoms. The van der Waals surface area contributed by atoms with Crippen molar-refractivity contribution >= 4 is 28.8 Å². The molecule has 2 aromatic heterocycles. The van der Waals surface area contributed by atoms with Gasteiger partial charge in [-0.2, -0.15) is 26.3 Å². The number of hydrogen-bond donors (Lipinski definition) is 1. The molecule has 1 saturated heterocycles. The maximum atomic E-state index is 13.6. The number of amides is 2. The Morgan fingerprint density at radius 1 is 0.952 bits per heavy atom. The summed E-state index contributed by atoms with van der Waals surface area (Å²) in [6.07, 6.45) is -2.13. The van der Waals surface area contributed by atoms with Crippen LogP contribution in [0.3, 0.4) is 0 Å². The Hall–Kier alpha value is -4.61. The molecule has 1 aliphatic rings. The van der Waals surface area contributed by atoms with Gasteiger partial charge in [-0.25, -0.2) is 0 Å². The lowest BCUT2D eigenvalue weighted by molar-refractivity contribution is -0.143. The zero-order valence-electron chi connectivity index (χ0n) is 21.9. The maximum Gasteiger partial charge on any atom is 0.416 e. The molecule has 1 fully saturated rings. The van der Waals surface area contributed by atoms with Crippen molar-refractivity contribution in [1.82, 2.24) is 19.8 Å². The molecule has 12 heteroatoms. The van der Waals surface area contributed by atoms with Crippen LogP contribution in [0.25, 0.3) is 17.0 Å². The quantitative estimate of drug-likeness (QED) is 0.223. The van der Waals surface area contributed by atoms with Crippen molar-refractivity contribution in [1.29, 1.82) is 0 Å². The fraction of sp³-hybridized carbons (Fsp3) is 0.233. The zero-order chi connectivity index (χ0) is 30.1. The van der Waals surface area contributed by atoms with Crippen LogP contribution in [0.15, 0.2) is 79.3 Å². The number of pyridine rings is 1. The molecule has 0 radical (unpaired) electrons. The number of aromatic nitrogens is 2. The lowest BCUT2D eigenvalue weighted by Gasteiger charge is -2.41. The van der Waals surface area contributed by atoms with Gasteiger partial charge >= 0.3 is 12.4 Å². The summed E-state index contributed by atoms with van der Waals surface area (Å²) in [5, 5.41) is 0.850. The van der Waals surface area contributed by atoms with E-state index >= 15 is 0 Å². The summed E-state index contributed by atoms with van der Waals surface area (Å²) in [6.45, 7) is -0.0279. The van der Waals surface area contributed by atoms with Gasteiger partial charge in [-0.3, -0.25) is 14.6 Å². The molecule has 2 aromatic carbocycles. The molecule has 3 heterocycles. The number of piperazine rings is 1. The molecular weight excluding hydrogens is 562 g/mol. The Kier molecular flexibility index (Phi) is 7.81. The average Bonchev–Trinajstić information content (AvgIpc) is 3.37. The molecule has 42 heavy (non-hydrogen) atoms. The van der Waals surface area contributed by atoms with Crippen molar-refractivity contribution in [2.45, 2.75) is 24.8 Å². The van der Waals surface area contributed by atoms with Crippen LogP contribution < -0.4 is 0 Å². The third kappa shape index (κ3) is 6.32. The van der Waals surface area contributed by atoms with Crippen LogP contribution in [0, 0.1) is 0 Å². The molecule has 0 spiro atoms. The van der Waals surface area contributed by atoms with Gasteiger partial charge in [0.2, 0.25) is 5.91 Å². The summed E-state index contributed by atoms with van der Waals surface area (Å²) in [7, 11) is 0. The van der Waals surface area contributed by atoms with Gasteiger partial charge in [0.05, 0.1) is 17.2 Å². The molecular formula is C30H24F6N4O2. The van der Waals surface area contributed by atoms with Gasteiger partial charge in [-0.1, -0.05) is 24.3 Å². The minimum atomic E-state index is -5.09. The highest BCUT2D eigenvalue weighted by molar-refractivity contribution is 5.96. The number of fused-ring (bicyclic) bond motifs is 1. The predicted molar refractivity (Wildman–Crippen MR) is 143 cm³/mol. The van der Waals surface area contributed by atoms with Gasteiger partial charge < -0.3 is 14.8 Å². The van der Waals surface area contributed by atoms with Gasteiger partial charge in [0, 0.05) is 60.8 Å². The number of hydrogen-bond acceptors (Lipinski definition) is 3. The van der Waals surface area contributed by atoms with E-state index in [0.717, 1.165) is 16.5 Å². The number of alkyl halides is 6. The monoisotopic (exact) mass is 586 g/mol. The highest BCUT2D eigenvalue weighted by Crippen LogP contribution is 2.37. The van der Waals surface area contributed by atoms with Crippen molar-refractivity contribution < 1.29 is 35.9 Å². The molecule has 0 unspecified atom stereocenters. The number of aromatic amines is 1. The Labute approximate surface area is 236 Å². The summed E-state index contributed by atoms with van der Waals surface area (Å²) < 4.78 is 81.0. The van der Waals surface area contributed by atoms with E-state index < -0.39 is 41.0 Å². The SMILES string of the molecule is O=C(C=Cc1cccnc1)N1CCN(C(=O)c2cc(C(F)(F)F)cc(C(F)(F)F)c2)[C@H](Cc2c[nH]c3ccccc23)C1. The number of carbonyl (C=O) groups excluding carboxylic acids is 2. The maximum absolute atomic E-state index is 13.6. The Morgan fingerprint density at radius 3 is 2.33 bits per heavy atom. The minimum Gasteiger partial charge on any atom is -0.361 e. The van der Waals surface area contributed by atoms with E-state index in [4.69, 9.17) is 0 Å². The normalized spacial score (nSPS) is 16.4. The summed E-state index contributed by atoms with van der Waals surface area (Å²) in [4.78, 5) is 36.5. The first-order valence-corrected chi connectivity index (χ1v) is 12.9. The second kappa shape index (κ2) is 11.3. The second-order valence-corrected chi connectivity index (χ2v) is 9.91. The Morgan fingerprint density at radius 2 is 1.67 bits per heavy atom. The number of benzene rings is 2. The molecule has 0 saturated carbocycles. The summed E-state index contributed by atoms with van der Waals surface area (Å²) in [5.74, 6) is -1.33. The summed E-state index contributed by atoms with van der Waals surface area (Å²) in [5.41, 5.74) is -1.56. The molecule has 218 valence electrons. The first-order chi connectivity index (χ1) is 19.9. The number of H-pyrrole nitrogens is 1. The van der Waals surface area contributed by atoms with Crippen LogP contribution in [-0.4, -0.2) is 57.3 Å². The number of rotatable bonds is 5. The second-order valence-electron chi connectivity index (χ2n) is 9.91. The standard InChI is InChI=1S/C30H24F6N4O2/c31-29(32,33)22-12-20(13-23(15-22)30(34,35)36)28(42)40-11-10-39(27(41)8-7-19-4-3-9-37-16-19)18-24(40)14-21-17-38-26-6-2-1-5-25(21)26/h1-9,12-13,15-17,24,38H,10-11,14,18H2/t24-/m1/s1. The van der Waals surface area contributed by atoms with Crippen molar-refractivity contribution in [2.75, 3.05) is 19.6 Å². The molecule has 6 nitrogen and oxygen atoms in total. The van der Waals surface area contributed by atoms with Gasteiger partial charge in [0.25, 0.3) is 5.91 Å². The third-order valence-corrected chi connectivity index (χ3v) is 7.12. The first-order valence-electron chi connectivity index (χ1n) is 12.9. The van der Waals surface area contributed by atoms with Crippen molar-refractivity contribution in [3.63, 3.8) is 0 Å². The number of halogens is 6. The average molecular weight is 587 g/mol. The fourth-order valence-corrected chi connectivity index (χ4v) is 5.04. The van der Waals surface area contributed by atoms with Crippen LogP contribution in [-0.2, 0) is 23.6 Å². The van der Waals surface area contributed by atoms with Crippen molar-refractivity contribution in [2.24, 2.45) is 0 Å². The largest absolute Gasteiger partial charge is 0.416 e. The highest BCUT2D eigenvalue weighted by atomic mass is 19.4. The van der Waals surface area contributed by atoms with E-state index in [1.165, 1.54) is 15.9 Å². The minimum absolute atomic E-state index is 0.00853. The topological polar surface area (TPSA) is 69.3 Å². The third-order valence-electron chi connectivity index (χ3n) is 7.12. The molecule has 2 amide bonds. The van der Waals surface area contributed by atoms with E-state index in [9.17, 15) is 35.9 Å². The Balaban J connectivity index is 1.47. The zero-order valence-corrected chi connectivity index (χ0v) is 21.9. The van der Waals surface area contributed by atoms with Crippen LogP contribution in [0.1, 0.15) is 32.6 Å². The van der Waals surface area contributed by atoms with Crippen LogP contribution in [0.2, 0.25) is 0 Å². The number of nitrogens with zero attached hydrogens (tertiary/aromatic N) is 3. The molecule has 5 rings (SSSR count). The number of nitrogens with one attached hydrogen (secondary N) is 1. The molecule has 0 aliphatic carbocycles. The number of para-hydroxylation sites is 1. The molecule has 1 N–H and O–H groups in total. The van der Waals surface area contributed by atoms with Gasteiger partial charge in [0.1, 0.15) is 0 Å². The van der Waals surface area contributed by atoms with Crippen molar-refractivity contribution in [3.05, 3.63) is 107 Å². The fourth-order valence-electron chi connectivity index (χ4n) is 5.04. The molecule has 1 atom stereocenters. The predicted octanol–water partition coefficient (Wildman–Crippen LogP) is 6.21. The first kappa shape index (κ1) is 28.9. The lowest BCUT2D eigenvalue weighted by Crippen LogP contribution is -2.57. The van der Waals surface area contributed by atoms with Gasteiger partial charge in [0.15, 0.2) is 0 Å². The Bertz CT molecular complexity index is 1600. The van der Waals surface area contributed by atoms with Crippen LogP contribution >= 0.6 is 0 Å². The number of carbonyl (C=O) groups is 2. The van der Waals surface area contributed by atoms with E-state index in [2.05, 4.69) is 9.97 Å². The molecule has 1 aliphatic heterocycles. The lowest BCUT2D eigenvalue weighted by atomic mass is 9.98. The van der Waals surface area contributed by atoms with Crippen LogP contribution in [0.5, 0.6) is 0 Å².